The second kappa shape index (κ2) is 4.33. The molecule has 1 unspecified atom stereocenters. The zero-order valence-electron chi connectivity index (χ0n) is 9.33. The number of aryl methyl sites for hydroxylation is 1. The van der Waals surface area contributed by atoms with Crippen LogP contribution < -0.4 is 5.73 Å². The van der Waals surface area contributed by atoms with Gasteiger partial charge in [0, 0.05) is 18.6 Å². The summed E-state index contributed by atoms with van der Waals surface area (Å²) in [5.74, 6) is 0. The first kappa shape index (κ1) is 10.7. The van der Waals surface area contributed by atoms with E-state index in [1.807, 2.05) is 0 Å². The average Bonchev–Trinajstić information content (AvgIpc) is 2.30. The Labute approximate surface area is 91.4 Å². The molecule has 1 atom stereocenters. The third-order valence-corrected chi connectivity index (χ3v) is 3.43. The Bertz CT molecular complexity index is 329. The molecule has 82 valence electrons. The summed E-state index contributed by atoms with van der Waals surface area (Å²) in [6.45, 7) is 4.49. The summed E-state index contributed by atoms with van der Waals surface area (Å²) in [6.07, 6.45) is 2.26. The molecule has 0 spiro atoms. The van der Waals surface area contributed by atoms with E-state index in [0.717, 1.165) is 26.1 Å². The molecule has 0 aromatic heterocycles. The molecule has 1 fully saturated rings. The van der Waals surface area contributed by atoms with Crippen LogP contribution in [0.2, 0.25) is 0 Å². The Balaban J connectivity index is 2.36. The monoisotopic (exact) mass is 205 g/mol. The molecule has 0 radical (unpaired) electrons. The Kier molecular flexibility index (Phi) is 3.08. The zero-order chi connectivity index (χ0) is 10.7. The fraction of sp³-hybridized carbons (Fsp3) is 0.538. The summed E-state index contributed by atoms with van der Waals surface area (Å²) in [4.78, 5) is 0. The number of ether oxygens (including phenoxy) is 1. The van der Waals surface area contributed by atoms with E-state index in [2.05, 4.69) is 31.2 Å². The molecule has 1 aromatic carbocycles. The van der Waals surface area contributed by atoms with Crippen molar-refractivity contribution in [1.82, 2.24) is 0 Å². The van der Waals surface area contributed by atoms with Gasteiger partial charge >= 0.3 is 0 Å². The molecule has 1 aliphatic rings. The highest BCUT2D eigenvalue weighted by molar-refractivity contribution is 5.34. The van der Waals surface area contributed by atoms with Gasteiger partial charge in [-0.25, -0.2) is 0 Å². The summed E-state index contributed by atoms with van der Waals surface area (Å²) in [5, 5.41) is 0. The number of hydrogen-bond donors (Lipinski definition) is 1. The van der Waals surface area contributed by atoms with E-state index in [9.17, 15) is 0 Å². The minimum absolute atomic E-state index is 0.0591. The molecule has 1 aromatic rings. The van der Waals surface area contributed by atoms with Crippen molar-refractivity contribution in [2.45, 2.75) is 25.2 Å². The highest BCUT2D eigenvalue weighted by Crippen LogP contribution is 2.33. The lowest BCUT2D eigenvalue weighted by Gasteiger charge is -2.37. The van der Waals surface area contributed by atoms with Crippen molar-refractivity contribution in [3.8, 4) is 0 Å². The largest absolute Gasteiger partial charge is 0.380 e. The van der Waals surface area contributed by atoms with Crippen LogP contribution in [0.5, 0.6) is 0 Å². The SMILES string of the molecule is Cc1ccccc1C1(CN)CCCOC1. The zero-order valence-corrected chi connectivity index (χ0v) is 9.33. The minimum Gasteiger partial charge on any atom is -0.380 e. The van der Waals surface area contributed by atoms with Crippen LogP contribution in [-0.2, 0) is 10.2 Å². The lowest BCUT2D eigenvalue weighted by Crippen LogP contribution is -2.43. The van der Waals surface area contributed by atoms with Gasteiger partial charge in [0.1, 0.15) is 0 Å². The Morgan fingerprint density at radius 3 is 2.80 bits per heavy atom. The molecule has 2 heteroatoms. The van der Waals surface area contributed by atoms with Gasteiger partial charge in [-0.05, 0) is 30.9 Å². The quantitative estimate of drug-likeness (QED) is 0.801. The third-order valence-electron chi connectivity index (χ3n) is 3.43. The lowest BCUT2D eigenvalue weighted by atomic mass is 9.74. The average molecular weight is 205 g/mol. The van der Waals surface area contributed by atoms with Crippen LogP contribution >= 0.6 is 0 Å². The van der Waals surface area contributed by atoms with Gasteiger partial charge in [0.25, 0.3) is 0 Å². The molecule has 15 heavy (non-hydrogen) atoms. The van der Waals surface area contributed by atoms with Gasteiger partial charge in [0.05, 0.1) is 6.61 Å². The van der Waals surface area contributed by atoms with Crippen LogP contribution in [0, 0.1) is 6.92 Å². The van der Waals surface area contributed by atoms with Crippen LogP contribution in [0.15, 0.2) is 24.3 Å². The van der Waals surface area contributed by atoms with E-state index in [1.165, 1.54) is 11.1 Å². The van der Waals surface area contributed by atoms with Crippen LogP contribution in [0.25, 0.3) is 0 Å². The molecule has 0 bridgehead atoms. The molecule has 0 aliphatic carbocycles. The fourth-order valence-electron chi connectivity index (χ4n) is 2.50. The normalized spacial score (nSPS) is 26.5. The second-order valence-corrected chi connectivity index (χ2v) is 4.46. The van der Waals surface area contributed by atoms with Crippen molar-refractivity contribution in [3.63, 3.8) is 0 Å². The number of rotatable bonds is 2. The highest BCUT2D eigenvalue weighted by Gasteiger charge is 2.34. The summed E-state index contributed by atoms with van der Waals surface area (Å²) < 4.78 is 5.61. The summed E-state index contributed by atoms with van der Waals surface area (Å²) in [7, 11) is 0. The van der Waals surface area contributed by atoms with Crippen molar-refractivity contribution in [2.24, 2.45) is 5.73 Å². The van der Waals surface area contributed by atoms with Gasteiger partial charge in [-0.15, -0.1) is 0 Å². The molecule has 1 heterocycles. The van der Waals surface area contributed by atoms with Crippen LogP contribution in [0.3, 0.4) is 0 Å². The lowest BCUT2D eigenvalue weighted by molar-refractivity contribution is 0.0374. The third kappa shape index (κ3) is 1.92. The molecule has 2 rings (SSSR count). The van der Waals surface area contributed by atoms with Crippen molar-refractivity contribution in [3.05, 3.63) is 35.4 Å². The van der Waals surface area contributed by atoms with E-state index in [0.29, 0.717) is 6.54 Å². The minimum atomic E-state index is 0.0591. The van der Waals surface area contributed by atoms with Crippen molar-refractivity contribution >= 4 is 0 Å². The topological polar surface area (TPSA) is 35.2 Å². The van der Waals surface area contributed by atoms with Crippen molar-refractivity contribution in [1.29, 1.82) is 0 Å². The smallest absolute Gasteiger partial charge is 0.0575 e. The molecule has 1 saturated heterocycles. The summed E-state index contributed by atoms with van der Waals surface area (Å²) in [6, 6.07) is 8.51. The van der Waals surface area contributed by atoms with E-state index in [4.69, 9.17) is 10.5 Å². The maximum atomic E-state index is 5.96. The number of nitrogens with two attached hydrogens (primary N) is 1. The first-order chi connectivity index (χ1) is 7.28. The first-order valence-corrected chi connectivity index (χ1v) is 5.62. The Morgan fingerprint density at radius 1 is 1.40 bits per heavy atom. The molecule has 0 saturated carbocycles. The number of hydrogen-bond acceptors (Lipinski definition) is 2. The highest BCUT2D eigenvalue weighted by atomic mass is 16.5. The maximum absolute atomic E-state index is 5.96. The second-order valence-electron chi connectivity index (χ2n) is 4.46. The van der Waals surface area contributed by atoms with E-state index in [1.54, 1.807) is 0 Å². The molecule has 0 amide bonds. The van der Waals surface area contributed by atoms with E-state index in [-0.39, 0.29) is 5.41 Å². The van der Waals surface area contributed by atoms with Crippen molar-refractivity contribution in [2.75, 3.05) is 19.8 Å². The predicted octanol–water partition coefficient (Wildman–Crippen LogP) is 2.00. The van der Waals surface area contributed by atoms with Crippen LogP contribution in [-0.4, -0.2) is 19.8 Å². The van der Waals surface area contributed by atoms with Crippen LogP contribution in [0.4, 0.5) is 0 Å². The Morgan fingerprint density at radius 2 is 2.20 bits per heavy atom. The van der Waals surface area contributed by atoms with E-state index < -0.39 is 0 Å². The van der Waals surface area contributed by atoms with Gasteiger partial charge < -0.3 is 10.5 Å². The molecule has 1 aliphatic heterocycles. The molecular formula is C13H19NO. The molecular weight excluding hydrogens is 186 g/mol. The van der Waals surface area contributed by atoms with Crippen molar-refractivity contribution < 1.29 is 4.74 Å². The summed E-state index contributed by atoms with van der Waals surface area (Å²) >= 11 is 0. The maximum Gasteiger partial charge on any atom is 0.0575 e. The molecule has 2 nitrogen and oxygen atoms in total. The van der Waals surface area contributed by atoms with Gasteiger partial charge in [0.2, 0.25) is 0 Å². The molecule has 2 N–H and O–H groups in total. The predicted molar refractivity (Wildman–Crippen MR) is 62.0 cm³/mol. The van der Waals surface area contributed by atoms with Gasteiger partial charge in [-0.3, -0.25) is 0 Å². The van der Waals surface area contributed by atoms with Gasteiger partial charge in [0.15, 0.2) is 0 Å². The summed E-state index contributed by atoms with van der Waals surface area (Å²) in [5.41, 5.74) is 8.71. The van der Waals surface area contributed by atoms with Gasteiger partial charge in [-0.1, -0.05) is 24.3 Å². The van der Waals surface area contributed by atoms with Crippen LogP contribution in [0.1, 0.15) is 24.0 Å². The van der Waals surface area contributed by atoms with E-state index >= 15 is 0 Å². The fourth-order valence-corrected chi connectivity index (χ4v) is 2.50. The standard InChI is InChI=1S/C13H19NO/c1-11-5-2-3-6-12(11)13(9-14)7-4-8-15-10-13/h2-3,5-6H,4,7-10,14H2,1H3. The number of benzene rings is 1. The Hall–Kier alpha value is -0.860. The van der Waals surface area contributed by atoms with Gasteiger partial charge in [-0.2, -0.15) is 0 Å². The first-order valence-electron chi connectivity index (χ1n) is 5.62.